The number of carbonyl (C=O) groups excluding carboxylic acids is 1. The van der Waals surface area contributed by atoms with E-state index < -0.39 is 0 Å². The van der Waals surface area contributed by atoms with Crippen LogP contribution in [-0.4, -0.2) is 16.1 Å². The summed E-state index contributed by atoms with van der Waals surface area (Å²) in [4.78, 5) is 11.9. The second-order valence-corrected chi connectivity index (χ2v) is 6.98. The number of nitrogens with two attached hydrogens (primary N) is 1. The van der Waals surface area contributed by atoms with Gasteiger partial charge in [0.05, 0.1) is 19.3 Å². The summed E-state index contributed by atoms with van der Waals surface area (Å²) in [5.41, 5.74) is 6.98. The van der Waals surface area contributed by atoms with Gasteiger partial charge in [-0.3, -0.25) is 9.89 Å². The molecule has 0 aliphatic rings. The molecule has 0 radical (unpaired) electrons. The number of hydrogen-bond donors (Lipinski definition) is 3. The molecule has 0 aromatic carbocycles. The molecule has 2 aromatic heterocycles. The lowest BCUT2D eigenvalue weighted by atomic mass is 10.3. The van der Waals surface area contributed by atoms with Gasteiger partial charge in [-0.05, 0) is 37.9 Å². The maximum absolute atomic E-state index is 11.9. The van der Waals surface area contributed by atoms with Crippen molar-refractivity contribution in [2.24, 2.45) is 0 Å². The molecule has 0 atom stereocenters. The second-order valence-electron chi connectivity index (χ2n) is 3.23. The number of anilines is 1. The third kappa shape index (κ3) is 2.88. The van der Waals surface area contributed by atoms with Crippen LogP contribution >= 0.6 is 43.2 Å². The minimum absolute atomic E-state index is 0.153. The number of nitrogen functional groups attached to an aromatic ring is 1. The fraction of sp³-hybridized carbons (Fsp3) is 0.111. The molecule has 0 aliphatic carbocycles. The third-order valence-corrected chi connectivity index (χ3v) is 4.43. The van der Waals surface area contributed by atoms with E-state index in [0.717, 1.165) is 13.1 Å². The molecule has 0 bridgehead atoms. The lowest BCUT2D eigenvalue weighted by Gasteiger charge is -2.02. The standard InChI is InChI=1S/C9H8Br2N4OS/c10-6-1-5(7(11)17-6)9(16)13-2-4-3-14-15-8(4)12/h1,3H,2H2,(H,13,16)(H3,12,14,15). The van der Waals surface area contributed by atoms with Gasteiger partial charge in [0.15, 0.2) is 0 Å². The van der Waals surface area contributed by atoms with Gasteiger partial charge in [0.1, 0.15) is 5.82 Å². The van der Waals surface area contributed by atoms with Gasteiger partial charge in [-0.2, -0.15) is 5.10 Å². The van der Waals surface area contributed by atoms with Crippen LogP contribution < -0.4 is 11.1 Å². The minimum atomic E-state index is -0.153. The zero-order chi connectivity index (χ0) is 12.4. The summed E-state index contributed by atoms with van der Waals surface area (Å²) in [6.07, 6.45) is 1.59. The van der Waals surface area contributed by atoms with Crippen molar-refractivity contribution in [2.45, 2.75) is 6.54 Å². The Morgan fingerprint density at radius 2 is 2.35 bits per heavy atom. The molecular weight excluding hydrogens is 372 g/mol. The highest BCUT2D eigenvalue weighted by atomic mass is 79.9. The van der Waals surface area contributed by atoms with Crippen molar-refractivity contribution >= 4 is 54.9 Å². The van der Waals surface area contributed by atoms with Gasteiger partial charge in [-0.25, -0.2) is 0 Å². The molecule has 0 aliphatic heterocycles. The maximum atomic E-state index is 11.9. The van der Waals surface area contributed by atoms with Crippen molar-refractivity contribution in [1.82, 2.24) is 15.5 Å². The molecule has 0 saturated heterocycles. The van der Waals surface area contributed by atoms with Crippen LogP contribution in [0.1, 0.15) is 15.9 Å². The molecule has 0 fully saturated rings. The molecule has 17 heavy (non-hydrogen) atoms. The zero-order valence-corrected chi connectivity index (χ0v) is 12.4. The summed E-state index contributed by atoms with van der Waals surface area (Å²) in [5.74, 6) is 0.315. The highest BCUT2D eigenvalue weighted by Crippen LogP contribution is 2.31. The molecule has 0 spiro atoms. The lowest BCUT2D eigenvalue weighted by Crippen LogP contribution is -2.22. The highest BCUT2D eigenvalue weighted by Gasteiger charge is 2.13. The first kappa shape index (κ1) is 12.6. The van der Waals surface area contributed by atoms with Crippen molar-refractivity contribution in [2.75, 3.05) is 5.73 Å². The predicted octanol–water partition coefficient (Wildman–Crippen LogP) is 2.51. The highest BCUT2D eigenvalue weighted by molar-refractivity contribution is 9.12. The smallest absolute Gasteiger partial charge is 0.253 e. The summed E-state index contributed by atoms with van der Waals surface area (Å²) in [6, 6.07) is 1.77. The molecule has 2 rings (SSSR count). The first-order chi connectivity index (χ1) is 8.08. The largest absolute Gasteiger partial charge is 0.384 e. The molecule has 90 valence electrons. The second kappa shape index (κ2) is 5.19. The van der Waals surface area contributed by atoms with Gasteiger partial charge in [0, 0.05) is 12.1 Å². The van der Waals surface area contributed by atoms with E-state index >= 15 is 0 Å². The fourth-order valence-electron chi connectivity index (χ4n) is 1.23. The van der Waals surface area contributed by atoms with Crippen molar-refractivity contribution in [3.8, 4) is 0 Å². The van der Waals surface area contributed by atoms with E-state index in [1.807, 2.05) is 0 Å². The lowest BCUT2D eigenvalue weighted by molar-refractivity contribution is 0.0951. The van der Waals surface area contributed by atoms with E-state index in [1.165, 1.54) is 11.3 Å². The summed E-state index contributed by atoms with van der Waals surface area (Å²) < 4.78 is 1.69. The Bertz CT molecular complexity index is 551. The van der Waals surface area contributed by atoms with Gasteiger partial charge in [0.25, 0.3) is 5.91 Å². The summed E-state index contributed by atoms with van der Waals surface area (Å²) >= 11 is 8.11. The van der Waals surface area contributed by atoms with Crippen LogP contribution in [0.4, 0.5) is 5.82 Å². The molecule has 4 N–H and O–H groups in total. The van der Waals surface area contributed by atoms with Crippen molar-refractivity contribution in [3.63, 3.8) is 0 Å². The van der Waals surface area contributed by atoms with Gasteiger partial charge in [0.2, 0.25) is 0 Å². The van der Waals surface area contributed by atoms with E-state index in [0.29, 0.717) is 17.9 Å². The number of nitrogens with one attached hydrogen (secondary N) is 2. The van der Waals surface area contributed by atoms with Gasteiger partial charge in [-0.15, -0.1) is 11.3 Å². The predicted molar refractivity (Wildman–Crippen MR) is 73.9 cm³/mol. The number of aromatic nitrogens is 2. The Balaban J connectivity index is 2.03. The monoisotopic (exact) mass is 378 g/mol. The average Bonchev–Trinajstić information content (AvgIpc) is 2.81. The van der Waals surface area contributed by atoms with Crippen molar-refractivity contribution < 1.29 is 4.79 Å². The summed E-state index contributed by atoms with van der Waals surface area (Å²) in [6.45, 7) is 0.348. The van der Waals surface area contributed by atoms with Crippen LogP contribution in [0.25, 0.3) is 0 Å². The SMILES string of the molecule is Nc1[nH]ncc1CNC(=O)c1cc(Br)sc1Br. The van der Waals surface area contributed by atoms with Gasteiger partial charge < -0.3 is 11.1 Å². The number of nitrogens with zero attached hydrogens (tertiary/aromatic N) is 1. The Morgan fingerprint density at radius 3 is 2.88 bits per heavy atom. The molecule has 0 saturated carbocycles. The topological polar surface area (TPSA) is 83.8 Å². The van der Waals surface area contributed by atoms with Crippen LogP contribution in [0.5, 0.6) is 0 Å². The van der Waals surface area contributed by atoms with Crippen molar-refractivity contribution in [1.29, 1.82) is 0 Å². The van der Waals surface area contributed by atoms with E-state index in [-0.39, 0.29) is 5.91 Å². The van der Waals surface area contributed by atoms with Gasteiger partial charge >= 0.3 is 0 Å². The van der Waals surface area contributed by atoms with E-state index in [4.69, 9.17) is 5.73 Å². The van der Waals surface area contributed by atoms with Crippen LogP contribution in [-0.2, 0) is 6.54 Å². The summed E-state index contributed by atoms with van der Waals surface area (Å²) in [7, 11) is 0. The zero-order valence-electron chi connectivity index (χ0n) is 8.46. The fourth-order valence-corrected chi connectivity index (χ4v) is 4.02. The Labute approximate surface area is 118 Å². The molecule has 1 amide bonds. The first-order valence-corrected chi connectivity index (χ1v) is 6.99. The van der Waals surface area contributed by atoms with E-state index in [9.17, 15) is 4.79 Å². The number of hydrogen-bond acceptors (Lipinski definition) is 4. The van der Waals surface area contributed by atoms with E-state index in [2.05, 4.69) is 47.4 Å². The first-order valence-electron chi connectivity index (χ1n) is 4.58. The van der Waals surface area contributed by atoms with Crippen LogP contribution in [0.15, 0.2) is 19.8 Å². The Morgan fingerprint density at radius 1 is 1.59 bits per heavy atom. The number of thiophene rings is 1. The quantitative estimate of drug-likeness (QED) is 0.765. The van der Waals surface area contributed by atoms with Crippen molar-refractivity contribution in [3.05, 3.63) is 31.0 Å². The van der Waals surface area contributed by atoms with E-state index in [1.54, 1.807) is 12.3 Å². The minimum Gasteiger partial charge on any atom is -0.384 e. The molecule has 5 nitrogen and oxygen atoms in total. The van der Waals surface area contributed by atoms with Crippen LogP contribution in [0.3, 0.4) is 0 Å². The Kier molecular flexibility index (Phi) is 3.85. The molecular formula is C9H8Br2N4OS. The number of carbonyl (C=O) groups is 1. The number of amides is 1. The number of halogens is 2. The Hall–Kier alpha value is -0.860. The normalized spacial score (nSPS) is 10.5. The number of rotatable bonds is 3. The average molecular weight is 380 g/mol. The number of aromatic amines is 1. The number of H-pyrrole nitrogens is 1. The molecule has 2 heterocycles. The van der Waals surface area contributed by atoms with Crippen LogP contribution in [0.2, 0.25) is 0 Å². The molecule has 2 aromatic rings. The molecule has 0 unspecified atom stereocenters. The molecule has 8 heteroatoms. The van der Waals surface area contributed by atoms with Gasteiger partial charge in [-0.1, -0.05) is 0 Å². The maximum Gasteiger partial charge on any atom is 0.253 e. The summed E-state index contributed by atoms with van der Waals surface area (Å²) in [5, 5.41) is 9.16. The van der Waals surface area contributed by atoms with Crippen LogP contribution in [0, 0.1) is 0 Å². The third-order valence-electron chi connectivity index (χ3n) is 2.09.